The minimum Gasteiger partial charge on any atom is -0.456 e. The van der Waals surface area contributed by atoms with Crippen molar-refractivity contribution in [1.29, 1.82) is 0 Å². The third-order valence-electron chi connectivity index (χ3n) is 2.67. The van der Waals surface area contributed by atoms with E-state index in [2.05, 4.69) is 0 Å². The van der Waals surface area contributed by atoms with Crippen molar-refractivity contribution >= 4 is 28.7 Å². The number of nitrogens with two attached hydrogens (primary N) is 1. The van der Waals surface area contributed by atoms with Crippen LogP contribution < -0.4 is 10.6 Å². The van der Waals surface area contributed by atoms with Crippen LogP contribution >= 0.6 is 11.3 Å². The Morgan fingerprint density at radius 2 is 2.16 bits per heavy atom. The standard InChI is InChI=1S/C14H16N2O2S/c1-16(2)13-6-5-10(8-12(13)15)14(17)18-9-11-4-3-7-19-11/h3-8H,9,15H2,1-2H3. The molecule has 2 aromatic rings. The van der Waals surface area contributed by atoms with Crippen molar-refractivity contribution in [2.45, 2.75) is 6.61 Å². The maximum atomic E-state index is 11.9. The SMILES string of the molecule is CN(C)c1ccc(C(=O)OCc2cccs2)cc1N. The fourth-order valence-corrected chi connectivity index (χ4v) is 2.32. The normalized spacial score (nSPS) is 10.2. The van der Waals surface area contributed by atoms with Gasteiger partial charge in [-0.2, -0.15) is 0 Å². The molecule has 0 fully saturated rings. The molecule has 0 aliphatic heterocycles. The summed E-state index contributed by atoms with van der Waals surface area (Å²) in [4.78, 5) is 14.8. The molecule has 100 valence electrons. The number of anilines is 2. The van der Waals surface area contributed by atoms with Crippen LogP contribution in [0.25, 0.3) is 0 Å². The van der Waals surface area contributed by atoms with Crippen LogP contribution in [-0.2, 0) is 11.3 Å². The summed E-state index contributed by atoms with van der Waals surface area (Å²) in [6.45, 7) is 0.297. The van der Waals surface area contributed by atoms with Crippen molar-refractivity contribution in [2.75, 3.05) is 24.7 Å². The first-order valence-corrected chi connectivity index (χ1v) is 6.72. The van der Waals surface area contributed by atoms with Gasteiger partial charge in [-0.25, -0.2) is 4.79 Å². The van der Waals surface area contributed by atoms with Gasteiger partial charge in [-0.1, -0.05) is 6.07 Å². The number of hydrogen-bond donors (Lipinski definition) is 1. The highest BCUT2D eigenvalue weighted by molar-refractivity contribution is 7.09. The fourth-order valence-electron chi connectivity index (χ4n) is 1.70. The first kappa shape index (κ1) is 13.4. The lowest BCUT2D eigenvalue weighted by molar-refractivity contribution is 0.0477. The summed E-state index contributed by atoms with van der Waals surface area (Å²) >= 11 is 1.56. The number of nitrogen functional groups attached to an aromatic ring is 1. The molecule has 0 unspecified atom stereocenters. The Hall–Kier alpha value is -2.01. The van der Waals surface area contributed by atoms with Gasteiger partial charge in [0.15, 0.2) is 0 Å². The highest BCUT2D eigenvalue weighted by Crippen LogP contribution is 2.23. The summed E-state index contributed by atoms with van der Waals surface area (Å²) in [5.74, 6) is -0.356. The third kappa shape index (κ3) is 3.26. The van der Waals surface area contributed by atoms with Gasteiger partial charge in [0.2, 0.25) is 0 Å². The van der Waals surface area contributed by atoms with Crippen LogP contribution in [0.15, 0.2) is 35.7 Å². The monoisotopic (exact) mass is 276 g/mol. The molecule has 0 radical (unpaired) electrons. The Morgan fingerprint density at radius 3 is 2.74 bits per heavy atom. The molecule has 0 spiro atoms. The van der Waals surface area contributed by atoms with Crippen molar-refractivity contribution < 1.29 is 9.53 Å². The molecule has 0 saturated heterocycles. The summed E-state index contributed by atoms with van der Waals surface area (Å²) in [6, 6.07) is 9.05. The van der Waals surface area contributed by atoms with E-state index in [4.69, 9.17) is 10.5 Å². The van der Waals surface area contributed by atoms with E-state index in [1.165, 1.54) is 0 Å². The number of hydrogen-bond acceptors (Lipinski definition) is 5. The third-order valence-corrected chi connectivity index (χ3v) is 3.52. The number of benzene rings is 1. The molecule has 2 rings (SSSR count). The lowest BCUT2D eigenvalue weighted by atomic mass is 10.1. The van der Waals surface area contributed by atoms with Gasteiger partial charge >= 0.3 is 5.97 Å². The van der Waals surface area contributed by atoms with Gasteiger partial charge in [0.1, 0.15) is 6.61 Å². The maximum absolute atomic E-state index is 11.9. The second-order valence-electron chi connectivity index (χ2n) is 4.32. The van der Waals surface area contributed by atoms with E-state index in [1.807, 2.05) is 42.6 Å². The smallest absolute Gasteiger partial charge is 0.338 e. The van der Waals surface area contributed by atoms with Gasteiger partial charge in [-0.3, -0.25) is 0 Å². The number of ether oxygens (including phenoxy) is 1. The molecular weight excluding hydrogens is 260 g/mol. The summed E-state index contributed by atoms with van der Waals surface area (Å²) in [7, 11) is 3.81. The summed E-state index contributed by atoms with van der Waals surface area (Å²) < 4.78 is 5.23. The zero-order valence-electron chi connectivity index (χ0n) is 10.9. The molecule has 0 bridgehead atoms. The first-order valence-electron chi connectivity index (χ1n) is 5.84. The maximum Gasteiger partial charge on any atom is 0.338 e. The molecule has 5 heteroatoms. The first-order chi connectivity index (χ1) is 9.08. The van der Waals surface area contributed by atoms with Crippen LogP contribution in [0.5, 0.6) is 0 Å². The van der Waals surface area contributed by atoms with Gasteiger partial charge < -0.3 is 15.4 Å². The van der Waals surface area contributed by atoms with Crippen LogP contribution in [0, 0.1) is 0 Å². The minimum absolute atomic E-state index is 0.297. The number of carbonyl (C=O) groups excluding carboxylic acids is 1. The van der Waals surface area contributed by atoms with E-state index >= 15 is 0 Å². The number of nitrogens with zero attached hydrogens (tertiary/aromatic N) is 1. The largest absolute Gasteiger partial charge is 0.456 e. The van der Waals surface area contributed by atoms with Crippen molar-refractivity contribution in [1.82, 2.24) is 0 Å². The quantitative estimate of drug-likeness (QED) is 0.689. The Bertz CT molecular complexity index is 565. The van der Waals surface area contributed by atoms with Crippen LogP contribution in [0.2, 0.25) is 0 Å². The highest BCUT2D eigenvalue weighted by Gasteiger charge is 2.10. The van der Waals surface area contributed by atoms with Crippen molar-refractivity contribution in [3.63, 3.8) is 0 Å². The number of esters is 1. The Balaban J connectivity index is 2.05. The van der Waals surface area contributed by atoms with Gasteiger partial charge in [0.05, 0.1) is 16.9 Å². The Labute approximate surface area is 116 Å². The fraction of sp³-hybridized carbons (Fsp3) is 0.214. The van der Waals surface area contributed by atoms with Crippen LogP contribution in [0.1, 0.15) is 15.2 Å². The van der Waals surface area contributed by atoms with Crippen LogP contribution in [-0.4, -0.2) is 20.1 Å². The second-order valence-corrected chi connectivity index (χ2v) is 5.36. The molecule has 1 aromatic heterocycles. The molecule has 19 heavy (non-hydrogen) atoms. The van der Waals surface area contributed by atoms with Gasteiger partial charge in [0, 0.05) is 19.0 Å². The van der Waals surface area contributed by atoms with Gasteiger partial charge in [0.25, 0.3) is 0 Å². The molecule has 4 nitrogen and oxygen atoms in total. The summed E-state index contributed by atoms with van der Waals surface area (Å²) in [6.07, 6.45) is 0. The second kappa shape index (κ2) is 5.75. The molecule has 0 saturated carbocycles. The van der Waals surface area contributed by atoms with Gasteiger partial charge in [-0.15, -0.1) is 11.3 Å². The minimum atomic E-state index is -0.356. The lowest BCUT2D eigenvalue weighted by Crippen LogP contribution is -2.12. The van der Waals surface area contributed by atoms with E-state index in [1.54, 1.807) is 23.5 Å². The Morgan fingerprint density at radius 1 is 1.37 bits per heavy atom. The Kier molecular flexibility index (Phi) is 4.06. The molecule has 1 aromatic carbocycles. The van der Waals surface area contributed by atoms with E-state index in [0.29, 0.717) is 17.9 Å². The molecule has 2 N–H and O–H groups in total. The molecule has 1 heterocycles. The van der Waals surface area contributed by atoms with E-state index < -0.39 is 0 Å². The number of thiophene rings is 1. The molecule has 0 amide bonds. The summed E-state index contributed by atoms with van der Waals surface area (Å²) in [5, 5.41) is 1.95. The summed E-state index contributed by atoms with van der Waals surface area (Å²) in [5.41, 5.74) is 7.82. The van der Waals surface area contributed by atoms with Crippen LogP contribution in [0.3, 0.4) is 0 Å². The zero-order valence-corrected chi connectivity index (χ0v) is 11.7. The molecule has 0 aliphatic rings. The predicted octanol–water partition coefficient (Wildman–Crippen LogP) is 2.75. The van der Waals surface area contributed by atoms with Crippen molar-refractivity contribution in [3.8, 4) is 0 Å². The lowest BCUT2D eigenvalue weighted by Gasteiger charge is -2.15. The molecule has 0 atom stereocenters. The average Bonchev–Trinajstić information content (AvgIpc) is 2.88. The topological polar surface area (TPSA) is 55.6 Å². The average molecular weight is 276 g/mol. The number of rotatable bonds is 4. The predicted molar refractivity (Wildman–Crippen MR) is 78.6 cm³/mol. The number of carbonyl (C=O) groups is 1. The van der Waals surface area contributed by atoms with E-state index in [9.17, 15) is 4.79 Å². The van der Waals surface area contributed by atoms with Gasteiger partial charge in [-0.05, 0) is 29.6 Å². The molecule has 0 aliphatic carbocycles. The zero-order chi connectivity index (χ0) is 13.8. The van der Waals surface area contributed by atoms with E-state index in [-0.39, 0.29) is 5.97 Å². The van der Waals surface area contributed by atoms with E-state index in [0.717, 1.165) is 10.6 Å². The van der Waals surface area contributed by atoms with Crippen molar-refractivity contribution in [2.24, 2.45) is 0 Å². The van der Waals surface area contributed by atoms with Crippen LogP contribution in [0.4, 0.5) is 11.4 Å². The molecular formula is C14H16N2O2S. The van der Waals surface area contributed by atoms with Crippen molar-refractivity contribution in [3.05, 3.63) is 46.2 Å². The highest BCUT2D eigenvalue weighted by atomic mass is 32.1.